The van der Waals surface area contributed by atoms with Crippen LogP contribution in [-0.2, 0) is 13.0 Å². The Kier molecular flexibility index (Phi) is 2.96. The molecule has 0 atom stereocenters. The van der Waals surface area contributed by atoms with Gasteiger partial charge in [0.1, 0.15) is 5.82 Å². The molecule has 0 aliphatic rings. The van der Waals surface area contributed by atoms with Crippen molar-refractivity contribution in [3.05, 3.63) is 35.8 Å². The molecule has 92 valence electrons. The minimum atomic E-state index is -0.749. The molecule has 1 heterocycles. The zero-order chi connectivity index (χ0) is 12.6. The number of nitrogens with zero attached hydrogens (tertiary/aromatic N) is 1. The van der Waals surface area contributed by atoms with E-state index < -0.39 is 5.60 Å². The average Bonchev–Trinajstić information content (AvgIpc) is 2.53. The van der Waals surface area contributed by atoms with E-state index in [1.807, 2.05) is 17.7 Å². The van der Waals surface area contributed by atoms with Gasteiger partial charge in [-0.05, 0) is 44.5 Å². The lowest BCUT2D eigenvalue weighted by molar-refractivity contribution is 0.0813. The SMILES string of the molecule is CCn1cc(CC(C)(C)O)c2ccc(F)cc21. The molecule has 0 aliphatic carbocycles. The van der Waals surface area contributed by atoms with E-state index in [1.54, 1.807) is 26.0 Å². The molecule has 0 saturated carbocycles. The van der Waals surface area contributed by atoms with E-state index in [0.717, 1.165) is 23.0 Å². The maximum absolute atomic E-state index is 13.2. The van der Waals surface area contributed by atoms with Crippen LogP contribution in [-0.4, -0.2) is 15.3 Å². The lowest BCUT2D eigenvalue weighted by atomic mass is 9.98. The van der Waals surface area contributed by atoms with E-state index in [-0.39, 0.29) is 5.82 Å². The van der Waals surface area contributed by atoms with Crippen LogP contribution in [0.5, 0.6) is 0 Å². The monoisotopic (exact) mass is 235 g/mol. The summed E-state index contributed by atoms with van der Waals surface area (Å²) in [5, 5.41) is 10.9. The minimum Gasteiger partial charge on any atom is -0.390 e. The highest BCUT2D eigenvalue weighted by molar-refractivity contribution is 5.84. The lowest BCUT2D eigenvalue weighted by Crippen LogP contribution is -2.21. The largest absolute Gasteiger partial charge is 0.390 e. The quantitative estimate of drug-likeness (QED) is 0.868. The van der Waals surface area contributed by atoms with Crippen molar-refractivity contribution in [2.24, 2.45) is 0 Å². The molecule has 2 rings (SSSR count). The molecule has 1 N–H and O–H groups in total. The molecule has 0 spiro atoms. The molecule has 0 bridgehead atoms. The van der Waals surface area contributed by atoms with Crippen molar-refractivity contribution in [2.75, 3.05) is 0 Å². The fourth-order valence-electron chi connectivity index (χ4n) is 2.21. The summed E-state index contributed by atoms with van der Waals surface area (Å²) in [5.74, 6) is -0.222. The number of rotatable bonds is 3. The maximum Gasteiger partial charge on any atom is 0.125 e. The summed E-state index contributed by atoms with van der Waals surface area (Å²) in [7, 11) is 0. The van der Waals surface area contributed by atoms with E-state index in [2.05, 4.69) is 0 Å². The molecule has 0 saturated heterocycles. The zero-order valence-corrected chi connectivity index (χ0v) is 10.5. The van der Waals surface area contributed by atoms with Gasteiger partial charge in [0.2, 0.25) is 0 Å². The minimum absolute atomic E-state index is 0.222. The smallest absolute Gasteiger partial charge is 0.125 e. The van der Waals surface area contributed by atoms with Gasteiger partial charge in [-0.2, -0.15) is 0 Å². The van der Waals surface area contributed by atoms with Crippen molar-refractivity contribution in [3.8, 4) is 0 Å². The van der Waals surface area contributed by atoms with Crippen molar-refractivity contribution < 1.29 is 9.50 Å². The van der Waals surface area contributed by atoms with Gasteiger partial charge < -0.3 is 9.67 Å². The van der Waals surface area contributed by atoms with Gasteiger partial charge >= 0.3 is 0 Å². The third kappa shape index (κ3) is 2.50. The Hall–Kier alpha value is -1.35. The van der Waals surface area contributed by atoms with Crippen LogP contribution in [0.25, 0.3) is 10.9 Å². The van der Waals surface area contributed by atoms with Crippen LogP contribution in [0, 0.1) is 5.82 Å². The van der Waals surface area contributed by atoms with Gasteiger partial charge in [-0.25, -0.2) is 4.39 Å². The Morgan fingerprint density at radius 2 is 2.06 bits per heavy atom. The van der Waals surface area contributed by atoms with Crippen LogP contribution in [0.15, 0.2) is 24.4 Å². The van der Waals surface area contributed by atoms with Gasteiger partial charge in [0, 0.05) is 24.5 Å². The highest BCUT2D eigenvalue weighted by Gasteiger charge is 2.17. The Morgan fingerprint density at radius 1 is 1.35 bits per heavy atom. The predicted molar refractivity (Wildman–Crippen MR) is 67.6 cm³/mol. The maximum atomic E-state index is 13.2. The van der Waals surface area contributed by atoms with Gasteiger partial charge in [-0.1, -0.05) is 0 Å². The van der Waals surface area contributed by atoms with Gasteiger partial charge in [0.15, 0.2) is 0 Å². The number of benzene rings is 1. The van der Waals surface area contributed by atoms with E-state index in [9.17, 15) is 9.50 Å². The summed E-state index contributed by atoms with van der Waals surface area (Å²) in [5.41, 5.74) is 1.21. The summed E-state index contributed by atoms with van der Waals surface area (Å²) in [6, 6.07) is 4.81. The van der Waals surface area contributed by atoms with Crippen LogP contribution < -0.4 is 0 Å². The van der Waals surface area contributed by atoms with Gasteiger partial charge in [-0.3, -0.25) is 0 Å². The summed E-state index contributed by atoms with van der Waals surface area (Å²) in [4.78, 5) is 0. The van der Waals surface area contributed by atoms with Crippen LogP contribution in [0.1, 0.15) is 26.3 Å². The Balaban J connectivity index is 2.57. The van der Waals surface area contributed by atoms with E-state index in [0.29, 0.717) is 6.42 Å². The average molecular weight is 235 g/mol. The normalized spacial score (nSPS) is 12.3. The standard InChI is InChI=1S/C14H18FNO/c1-4-16-9-10(8-14(2,3)17)12-6-5-11(15)7-13(12)16/h5-7,9,17H,4,8H2,1-3H3. The first-order valence-electron chi connectivity index (χ1n) is 5.90. The molecule has 2 nitrogen and oxygen atoms in total. The van der Waals surface area contributed by atoms with Crippen molar-refractivity contribution in [1.29, 1.82) is 0 Å². The fraction of sp³-hybridized carbons (Fsp3) is 0.429. The summed E-state index contributed by atoms with van der Waals surface area (Å²) in [6.07, 6.45) is 2.57. The van der Waals surface area contributed by atoms with Gasteiger partial charge in [-0.15, -0.1) is 0 Å². The first-order chi connectivity index (χ1) is 7.90. The highest BCUT2D eigenvalue weighted by atomic mass is 19.1. The lowest BCUT2D eigenvalue weighted by Gasteiger charge is -2.16. The molecular formula is C14H18FNO. The molecule has 2 aromatic rings. The number of hydrogen-bond donors (Lipinski definition) is 1. The molecule has 0 amide bonds. The Labute approximate surface area is 101 Å². The number of aryl methyl sites for hydroxylation is 1. The van der Waals surface area contributed by atoms with Crippen LogP contribution in [0.4, 0.5) is 4.39 Å². The summed E-state index contributed by atoms with van der Waals surface area (Å²) >= 11 is 0. The first-order valence-corrected chi connectivity index (χ1v) is 5.90. The van der Waals surface area contributed by atoms with Gasteiger partial charge in [0.25, 0.3) is 0 Å². The van der Waals surface area contributed by atoms with E-state index in [1.165, 1.54) is 6.07 Å². The predicted octanol–water partition coefficient (Wildman–Crippen LogP) is 3.11. The van der Waals surface area contributed by atoms with Crippen LogP contribution >= 0.6 is 0 Å². The molecule has 1 aromatic heterocycles. The number of aromatic nitrogens is 1. The van der Waals surface area contributed by atoms with E-state index in [4.69, 9.17) is 0 Å². The fourth-order valence-corrected chi connectivity index (χ4v) is 2.21. The third-order valence-corrected chi connectivity index (χ3v) is 2.89. The Bertz CT molecular complexity index is 537. The van der Waals surface area contributed by atoms with Gasteiger partial charge in [0.05, 0.1) is 11.1 Å². The van der Waals surface area contributed by atoms with Crippen LogP contribution in [0.3, 0.4) is 0 Å². The molecule has 1 aromatic carbocycles. The number of halogens is 1. The molecule has 0 unspecified atom stereocenters. The molecule has 0 radical (unpaired) electrons. The first kappa shape index (κ1) is 12.1. The third-order valence-electron chi connectivity index (χ3n) is 2.89. The highest BCUT2D eigenvalue weighted by Crippen LogP contribution is 2.25. The van der Waals surface area contributed by atoms with E-state index >= 15 is 0 Å². The van der Waals surface area contributed by atoms with Crippen molar-refractivity contribution in [1.82, 2.24) is 4.57 Å². The second-order valence-corrected chi connectivity index (χ2v) is 5.09. The van der Waals surface area contributed by atoms with Crippen molar-refractivity contribution in [2.45, 2.75) is 39.3 Å². The number of fused-ring (bicyclic) bond motifs is 1. The van der Waals surface area contributed by atoms with Crippen molar-refractivity contribution >= 4 is 10.9 Å². The molecular weight excluding hydrogens is 217 g/mol. The summed E-state index contributed by atoms with van der Waals surface area (Å²) < 4.78 is 15.3. The summed E-state index contributed by atoms with van der Waals surface area (Å²) in [6.45, 7) is 6.39. The zero-order valence-electron chi connectivity index (χ0n) is 10.5. The Morgan fingerprint density at radius 3 is 2.65 bits per heavy atom. The second-order valence-electron chi connectivity index (χ2n) is 5.09. The number of aliphatic hydroxyl groups is 1. The number of hydrogen-bond acceptors (Lipinski definition) is 1. The molecule has 17 heavy (non-hydrogen) atoms. The molecule has 3 heteroatoms. The molecule has 0 aliphatic heterocycles. The second kappa shape index (κ2) is 4.15. The van der Waals surface area contributed by atoms with Crippen molar-refractivity contribution in [3.63, 3.8) is 0 Å². The molecule has 0 fully saturated rings. The van der Waals surface area contributed by atoms with Crippen LogP contribution in [0.2, 0.25) is 0 Å². The topological polar surface area (TPSA) is 25.2 Å².